The van der Waals surface area contributed by atoms with Gasteiger partial charge in [-0.15, -0.1) is 5.10 Å². The molecule has 0 spiro atoms. The monoisotopic (exact) mass is 451 g/mol. The van der Waals surface area contributed by atoms with E-state index in [1.807, 2.05) is 42.3 Å². The maximum absolute atomic E-state index is 12.8. The number of anilines is 2. The lowest BCUT2D eigenvalue weighted by Crippen LogP contribution is -2.24. The van der Waals surface area contributed by atoms with Crippen LogP contribution in [0, 0.1) is 0 Å². The minimum Gasteiger partial charge on any atom is -0.378 e. The highest BCUT2D eigenvalue weighted by Gasteiger charge is 2.25. The Morgan fingerprint density at radius 2 is 2.06 bits per heavy atom. The van der Waals surface area contributed by atoms with Crippen LogP contribution in [0.15, 0.2) is 64.3 Å². The smallest absolute Gasteiger partial charge is 0.293 e. The molecule has 3 N–H and O–H groups in total. The van der Waals surface area contributed by atoms with Gasteiger partial charge in [-0.25, -0.2) is 10.1 Å². The van der Waals surface area contributed by atoms with Gasteiger partial charge in [0, 0.05) is 17.8 Å². The van der Waals surface area contributed by atoms with E-state index in [9.17, 15) is 4.79 Å². The zero-order valence-corrected chi connectivity index (χ0v) is 17.6. The first-order valence-corrected chi connectivity index (χ1v) is 9.79. The van der Waals surface area contributed by atoms with Gasteiger partial charge >= 0.3 is 0 Å². The predicted octanol–water partition coefficient (Wildman–Crippen LogP) is 2.29. The van der Waals surface area contributed by atoms with Crippen LogP contribution in [0.2, 0.25) is 5.02 Å². The maximum Gasteiger partial charge on any atom is 0.293 e. The standard InChI is InChI=1S/C20H18ClN9O2/c1-29(15-8-3-2-4-9-15)12-16-17(24-28-30(16)19-18(22)26-32-27-19)20(31)25-23-11-13-6-5-7-14(21)10-13/h2-11H,12H2,1H3,(H2,22,26)(H,25,31)/b23-11+. The van der Waals surface area contributed by atoms with Crippen molar-refractivity contribution in [2.45, 2.75) is 6.54 Å². The van der Waals surface area contributed by atoms with Crippen LogP contribution < -0.4 is 16.1 Å². The Balaban J connectivity index is 1.61. The van der Waals surface area contributed by atoms with Crippen molar-refractivity contribution < 1.29 is 9.42 Å². The highest BCUT2D eigenvalue weighted by Crippen LogP contribution is 2.20. The predicted molar refractivity (Wildman–Crippen MR) is 119 cm³/mol. The van der Waals surface area contributed by atoms with E-state index in [0.29, 0.717) is 10.7 Å². The number of aromatic nitrogens is 5. The minimum absolute atomic E-state index is 0.0180. The SMILES string of the molecule is CN(Cc1c(C(=O)N/N=C/c2cccc(Cl)c2)nnn1-c1nonc1N)c1ccccc1. The van der Waals surface area contributed by atoms with Crippen molar-refractivity contribution in [1.82, 2.24) is 30.7 Å². The number of nitrogens with two attached hydrogens (primary N) is 1. The second kappa shape index (κ2) is 9.27. The molecule has 0 saturated carbocycles. The van der Waals surface area contributed by atoms with Gasteiger partial charge in [0.1, 0.15) is 0 Å². The number of hydrogen-bond donors (Lipinski definition) is 2. The molecule has 4 aromatic rings. The normalized spacial score (nSPS) is 11.1. The maximum atomic E-state index is 12.8. The van der Waals surface area contributed by atoms with Gasteiger partial charge in [-0.3, -0.25) is 4.79 Å². The molecule has 162 valence electrons. The van der Waals surface area contributed by atoms with Crippen molar-refractivity contribution in [3.05, 3.63) is 76.6 Å². The van der Waals surface area contributed by atoms with Gasteiger partial charge in [0.05, 0.1) is 18.5 Å². The van der Waals surface area contributed by atoms with Gasteiger partial charge in [0.2, 0.25) is 11.6 Å². The summed E-state index contributed by atoms with van der Waals surface area (Å²) in [5.74, 6) is -0.402. The zero-order chi connectivity index (χ0) is 22.5. The number of carbonyl (C=O) groups excluding carboxylic acids is 1. The number of rotatable bonds is 7. The number of carbonyl (C=O) groups is 1. The Kier molecular flexibility index (Phi) is 6.08. The third kappa shape index (κ3) is 4.57. The summed E-state index contributed by atoms with van der Waals surface area (Å²) in [6.07, 6.45) is 1.48. The molecule has 0 radical (unpaired) electrons. The lowest BCUT2D eigenvalue weighted by Gasteiger charge is -2.19. The Morgan fingerprint density at radius 1 is 1.25 bits per heavy atom. The number of benzene rings is 2. The Labute approximate surface area is 187 Å². The number of nitrogens with one attached hydrogen (secondary N) is 1. The van der Waals surface area contributed by atoms with Gasteiger partial charge in [-0.1, -0.05) is 47.1 Å². The minimum atomic E-state index is -0.555. The number of hydrazone groups is 1. The molecule has 2 aromatic heterocycles. The molecule has 0 saturated heterocycles. The van der Waals surface area contributed by atoms with Crippen molar-refractivity contribution in [3.8, 4) is 5.82 Å². The van der Waals surface area contributed by atoms with Crippen molar-refractivity contribution in [3.63, 3.8) is 0 Å². The van der Waals surface area contributed by atoms with Gasteiger partial charge in [0.15, 0.2) is 5.69 Å². The number of nitrogens with zero attached hydrogens (tertiary/aromatic N) is 7. The first-order valence-electron chi connectivity index (χ1n) is 9.41. The van der Waals surface area contributed by atoms with Crippen molar-refractivity contribution in [1.29, 1.82) is 0 Å². The number of amides is 1. The van der Waals surface area contributed by atoms with Crippen LogP contribution in [0.5, 0.6) is 0 Å². The topological polar surface area (TPSA) is 140 Å². The van der Waals surface area contributed by atoms with Gasteiger partial charge in [-0.05, 0) is 40.1 Å². The first-order chi connectivity index (χ1) is 15.5. The summed E-state index contributed by atoms with van der Waals surface area (Å²) >= 11 is 5.96. The highest BCUT2D eigenvalue weighted by molar-refractivity contribution is 6.30. The fraction of sp³-hybridized carbons (Fsp3) is 0.100. The molecule has 11 nitrogen and oxygen atoms in total. The summed E-state index contributed by atoms with van der Waals surface area (Å²) in [6.45, 7) is 0.268. The van der Waals surface area contributed by atoms with Crippen LogP contribution in [0.4, 0.5) is 11.5 Å². The van der Waals surface area contributed by atoms with E-state index in [1.54, 1.807) is 24.3 Å². The quantitative estimate of drug-likeness (QED) is 0.322. The zero-order valence-electron chi connectivity index (χ0n) is 16.9. The summed E-state index contributed by atoms with van der Waals surface area (Å²) in [5, 5.41) is 19.9. The van der Waals surface area contributed by atoms with E-state index in [2.05, 4.69) is 35.8 Å². The number of halogens is 1. The van der Waals surface area contributed by atoms with Crippen molar-refractivity contribution >= 4 is 35.2 Å². The van der Waals surface area contributed by atoms with Crippen LogP contribution in [-0.2, 0) is 6.54 Å². The molecule has 0 unspecified atom stereocenters. The lowest BCUT2D eigenvalue weighted by atomic mass is 10.2. The largest absolute Gasteiger partial charge is 0.378 e. The second-order valence-electron chi connectivity index (χ2n) is 6.72. The second-order valence-corrected chi connectivity index (χ2v) is 7.15. The molecular formula is C20H18ClN9O2. The summed E-state index contributed by atoms with van der Waals surface area (Å²) in [6, 6.07) is 16.7. The highest BCUT2D eigenvalue weighted by atomic mass is 35.5. The molecule has 1 amide bonds. The Morgan fingerprint density at radius 3 is 2.78 bits per heavy atom. The average Bonchev–Trinajstić information content (AvgIpc) is 3.40. The molecule has 2 heterocycles. The molecule has 0 atom stereocenters. The molecule has 32 heavy (non-hydrogen) atoms. The summed E-state index contributed by atoms with van der Waals surface area (Å²) < 4.78 is 6.00. The molecular weight excluding hydrogens is 434 g/mol. The summed E-state index contributed by atoms with van der Waals surface area (Å²) in [5.41, 5.74) is 10.4. The average molecular weight is 452 g/mol. The summed E-state index contributed by atoms with van der Waals surface area (Å²) in [4.78, 5) is 14.8. The molecule has 12 heteroatoms. The number of para-hydroxylation sites is 1. The van der Waals surface area contributed by atoms with E-state index in [1.165, 1.54) is 10.9 Å². The first kappa shape index (κ1) is 21.0. The van der Waals surface area contributed by atoms with E-state index in [-0.39, 0.29) is 23.9 Å². The van der Waals surface area contributed by atoms with Gasteiger partial charge < -0.3 is 10.6 Å². The van der Waals surface area contributed by atoms with E-state index in [0.717, 1.165) is 11.3 Å². The van der Waals surface area contributed by atoms with Crippen LogP contribution in [0.1, 0.15) is 21.7 Å². The van der Waals surface area contributed by atoms with Crippen LogP contribution in [0.25, 0.3) is 5.82 Å². The van der Waals surface area contributed by atoms with Gasteiger partial charge in [-0.2, -0.15) is 9.78 Å². The Bertz CT molecular complexity index is 1250. The fourth-order valence-corrected chi connectivity index (χ4v) is 3.13. The Hall–Kier alpha value is -4.25. The molecule has 4 rings (SSSR count). The third-order valence-electron chi connectivity index (χ3n) is 4.49. The molecule has 0 fully saturated rings. The van der Waals surface area contributed by atoms with E-state index < -0.39 is 5.91 Å². The van der Waals surface area contributed by atoms with Gasteiger partial charge in [0.25, 0.3) is 5.91 Å². The summed E-state index contributed by atoms with van der Waals surface area (Å²) in [7, 11) is 1.87. The van der Waals surface area contributed by atoms with Crippen LogP contribution in [-0.4, -0.2) is 44.5 Å². The molecule has 0 aliphatic heterocycles. The van der Waals surface area contributed by atoms with Crippen LogP contribution in [0.3, 0.4) is 0 Å². The lowest BCUT2D eigenvalue weighted by molar-refractivity contribution is 0.0949. The molecule has 2 aromatic carbocycles. The van der Waals surface area contributed by atoms with Crippen molar-refractivity contribution in [2.75, 3.05) is 17.7 Å². The number of hydrogen-bond acceptors (Lipinski definition) is 9. The van der Waals surface area contributed by atoms with E-state index in [4.69, 9.17) is 17.3 Å². The molecule has 0 bridgehead atoms. The third-order valence-corrected chi connectivity index (χ3v) is 4.72. The molecule has 0 aliphatic carbocycles. The number of nitrogen functional groups attached to an aromatic ring is 1. The van der Waals surface area contributed by atoms with Crippen LogP contribution >= 0.6 is 11.6 Å². The fourth-order valence-electron chi connectivity index (χ4n) is 2.93. The molecule has 0 aliphatic rings. The van der Waals surface area contributed by atoms with E-state index >= 15 is 0 Å². The van der Waals surface area contributed by atoms with Crippen molar-refractivity contribution in [2.24, 2.45) is 5.10 Å².